The highest BCUT2D eigenvalue weighted by atomic mass is 19.4. The molecule has 0 saturated carbocycles. The number of aliphatic hydroxyl groups excluding tert-OH is 1. The van der Waals surface area contributed by atoms with Gasteiger partial charge in [0.25, 0.3) is 0 Å². The van der Waals surface area contributed by atoms with E-state index in [0.29, 0.717) is 17.1 Å². The summed E-state index contributed by atoms with van der Waals surface area (Å²) in [6.07, 6.45) is -2.54. The minimum absolute atomic E-state index is 0.196. The molecule has 0 amide bonds. The summed E-state index contributed by atoms with van der Waals surface area (Å²) in [4.78, 5) is 0. The van der Waals surface area contributed by atoms with E-state index in [4.69, 9.17) is 5.11 Å². The van der Waals surface area contributed by atoms with Gasteiger partial charge in [-0.15, -0.1) is 0 Å². The second-order valence-electron chi connectivity index (χ2n) is 7.45. The van der Waals surface area contributed by atoms with Crippen LogP contribution in [0.25, 0.3) is 0 Å². The lowest BCUT2D eigenvalue weighted by molar-refractivity contribution is -0.137. The first-order chi connectivity index (χ1) is 15.3. The molecule has 0 spiro atoms. The Morgan fingerprint density at radius 2 is 1.06 bits per heavy atom. The van der Waals surface area contributed by atoms with Crippen molar-refractivity contribution in [3.63, 3.8) is 0 Å². The molecule has 0 aliphatic heterocycles. The maximum Gasteiger partial charge on any atom is 0.416 e. The van der Waals surface area contributed by atoms with E-state index in [1.807, 2.05) is 31.2 Å². The van der Waals surface area contributed by atoms with Gasteiger partial charge in [-0.05, 0) is 85.0 Å². The van der Waals surface area contributed by atoms with Crippen LogP contribution in [0.15, 0.2) is 93.3 Å². The molecule has 0 saturated heterocycles. The third kappa shape index (κ3) is 7.09. The number of nitrogens with zero attached hydrogens (tertiary/aromatic N) is 4. The number of aliphatic hydroxyl groups is 1. The Morgan fingerprint density at radius 3 is 1.44 bits per heavy atom. The molecule has 3 aromatic rings. The van der Waals surface area contributed by atoms with E-state index in [2.05, 4.69) is 20.5 Å². The van der Waals surface area contributed by atoms with Gasteiger partial charge < -0.3 is 5.11 Å². The van der Waals surface area contributed by atoms with Gasteiger partial charge >= 0.3 is 6.18 Å². The van der Waals surface area contributed by atoms with Gasteiger partial charge in [-0.25, -0.2) is 0 Å². The molecule has 0 heterocycles. The highest BCUT2D eigenvalue weighted by Crippen LogP contribution is 2.31. The van der Waals surface area contributed by atoms with E-state index in [-0.39, 0.29) is 12.5 Å². The molecule has 166 valence electrons. The van der Waals surface area contributed by atoms with Crippen molar-refractivity contribution in [2.24, 2.45) is 26.4 Å². The molecule has 0 radical (unpaired) electrons. The number of rotatable bonds is 8. The van der Waals surface area contributed by atoms with Crippen LogP contribution in [0, 0.1) is 5.92 Å². The van der Waals surface area contributed by atoms with Crippen LogP contribution in [0.2, 0.25) is 0 Å². The molecule has 8 heteroatoms. The molecule has 0 aromatic heterocycles. The van der Waals surface area contributed by atoms with Crippen LogP contribution in [0.3, 0.4) is 0 Å². The van der Waals surface area contributed by atoms with E-state index in [1.54, 1.807) is 24.3 Å². The summed E-state index contributed by atoms with van der Waals surface area (Å²) in [5, 5.41) is 25.5. The summed E-state index contributed by atoms with van der Waals surface area (Å²) in [5.74, 6) is 0.284. The van der Waals surface area contributed by atoms with Crippen molar-refractivity contribution >= 4 is 22.7 Å². The summed E-state index contributed by atoms with van der Waals surface area (Å²) >= 11 is 0. The minimum Gasteiger partial charge on any atom is -0.396 e. The van der Waals surface area contributed by atoms with Crippen molar-refractivity contribution in [1.29, 1.82) is 0 Å². The van der Waals surface area contributed by atoms with Gasteiger partial charge in [0.2, 0.25) is 0 Å². The van der Waals surface area contributed by atoms with Crippen LogP contribution in [-0.2, 0) is 12.6 Å². The van der Waals surface area contributed by atoms with Crippen LogP contribution in [0.1, 0.15) is 24.5 Å². The Hall–Kier alpha value is -3.39. The normalized spacial score (nSPS) is 13.2. The predicted molar refractivity (Wildman–Crippen MR) is 117 cm³/mol. The predicted octanol–water partition coefficient (Wildman–Crippen LogP) is 8.10. The van der Waals surface area contributed by atoms with Gasteiger partial charge in [-0.3, -0.25) is 0 Å². The smallest absolute Gasteiger partial charge is 0.396 e. The minimum atomic E-state index is -4.37. The Labute approximate surface area is 184 Å². The zero-order valence-electron chi connectivity index (χ0n) is 17.5. The summed E-state index contributed by atoms with van der Waals surface area (Å²) < 4.78 is 37.8. The van der Waals surface area contributed by atoms with Gasteiger partial charge in [0, 0.05) is 6.61 Å². The highest BCUT2D eigenvalue weighted by Gasteiger charge is 2.29. The first kappa shape index (κ1) is 23.3. The number of alkyl halides is 3. The van der Waals surface area contributed by atoms with Gasteiger partial charge in [-0.2, -0.15) is 33.6 Å². The fourth-order valence-corrected chi connectivity index (χ4v) is 2.77. The Kier molecular flexibility index (Phi) is 7.83. The quantitative estimate of drug-likeness (QED) is 0.353. The number of aryl methyl sites for hydroxylation is 1. The summed E-state index contributed by atoms with van der Waals surface area (Å²) in [7, 11) is 0. The molecule has 3 rings (SSSR count). The molecule has 0 fully saturated rings. The largest absolute Gasteiger partial charge is 0.416 e. The number of azo groups is 2. The van der Waals surface area contributed by atoms with Crippen molar-refractivity contribution in [2.75, 3.05) is 6.61 Å². The molecular weight excluding hydrogens is 417 g/mol. The van der Waals surface area contributed by atoms with Crippen LogP contribution in [-0.4, -0.2) is 11.7 Å². The average molecular weight is 440 g/mol. The molecule has 0 bridgehead atoms. The number of benzene rings is 3. The lowest BCUT2D eigenvalue weighted by atomic mass is 10.0. The first-order valence-corrected chi connectivity index (χ1v) is 10.1. The van der Waals surface area contributed by atoms with Crippen molar-refractivity contribution in [3.05, 3.63) is 83.9 Å². The van der Waals surface area contributed by atoms with Gasteiger partial charge in [0.15, 0.2) is 0 Å². The van der Waals surface area contributed by atoms with Crippen LogP contribution >= 0.6 is 0 Å². The second kappa shape index (κ2) is 10.8. The maximum atomic E-state index is 12.6. The van der Waals surface area contributed by atoms with Gasteiger partial charge in [0.05, 0.1) is 28.3 Å². The van der Waals surface area contributed by atoms with Crippen molar-refractivity contribution in [2.45, 2.75) is 25.9 Å². The van der Waals surface area contributed by atoms with Crippen LogP contribution < -0.4 is 0 Å². The lowest BCUT2D eigenvalue weighted by Crippen LogP contribution is -2.03. The van der Waals surface area contributed by atoms with Crippen LogP contribution in [0.5, 0.6) is 0 Å². The molecular formula is C24H23F3N4O. The Morgan fingerprint density at radius 1 is 0.688 bits per heavy atom. The summed E-state index contributed by atoms with van der Waals surface area (Å²) in [6, 6.07) is 19.2. The topological polar surface area (TPSA) is 69.7 Å². The third-order valence-corrected chi connectivity index (χ3v) is 4.78. The SMILES string of the molecule is CC(CO)CCc1ccc(N=Nc2ccc(N=Nc3ccc(C(F)(F)F)cc3)cc2)cc1. The van der Waals surface area contributed by atoms with Crippen molar-refractivity contribution < 1.29 is 18.3 Å². The molecule has 32 heavy (non-hydrogen) atoms. The fourth-order valence-electron chi connectivity index (χ4n) is 2.77. The number of hydrogen-bond donors (Lipinski definition) is 1. The van der Waals surface area contributed by atoms with Crippen molar-refractivity contribution in [3.8, 4) is 0 Å². The first-order valence-electron chi connectivity index (χ1n) is 10.1. The lowest BCUT2D eigenvalue weighted by Gasteiger charge is -2.07. The monoisotopic (exact) mass is 440 g/mol. The standard InChI is InChI=1S/C24H23F3N4O/c1-17(16-32)2-3-18-4-8-20(9-5-18)28-30-22-12-14-23(15-13-22)31-29-21-10-6-19(7-11-21)24(25,26)27/h4-15,17,32H,2-3,16H2,1H3. The Balaban J connectivity index is 1.56. The van der Waals surface area contributed by atoms with E-state index in [1.165, 1.54) is 17.7 Å². The number of halogens is 3. The molecule has 1 unspecified atom stereocenters. The molecule has 0 aliphatic carbocycles. The van der Waals surface area contributed by atoms with E-state index in [0.717, 1.165) is 30.7 Å². The number of hydrogen-bond acceptors (Lipinski definition) is 5. The molecule has 1 N–H and O–H groups in total. The third-order valence-electron chi connectivity index (χ3n) is 4.78. The second-order valence-corrected chi connectivity index (χ2v) is 7.45. The molecule has 0 aliphatic rings. The van der Waals surface area contributed by atoms with E-state index < -0.39 is 11.7 Å². The van der Waals surface area contributed by atoms with Gasteiger partial charge in [-0.1, -0.05) is 19.1 Å². The van der Waals surface area contributed by atoms with Crippen molar-refractivity contribution in [1.82, 2.24) is 0 Å². The maximum absolute atomic E-state index is 12.6. The zero-order chi connectivity index (χ0) is 23.0. The van der Waals surface area contributed by atoms with Crippen LogP contribution in [0.4, 0.5) is 35.9 Å². The fraction of sp³-hybridized carbons (Fsp3) is 0.250. The average Bonchev–Trinajstić information content (AvgIpc) is 2.81. The molecule has 1 atom stereocenters. The molecule has 3 aromatic carbocycles. The summed E-state index contributed by atoms with van der Waals surface area (Å²) in [5.41, 5.74) is 2.71. The highest BCUT2D eigenvalue weighted by molar-refractivity contribution is 5.48. The Bertz CT molecular complexity index is 1040. The van der Waals surface area contributed by atoms with E-state index in [9.17, 15) is 13.2 Å². The summed E-state index contributed by atoms with van der Waals surface area (Å²) in [6.45, 7) is 2.21. The zero-order valence-corrected chi connectivity index (χ0v) is 17.5. The van der Waals surface area contributed by atoms with E-state index >= 15 is 0 Å². The molecule has 5 nitrogen and oxygen atoms in total. The van der Waals surface area contributed by atoms with Gasteiger partial charge in [0.1, 0.15) is 0 Å².